The molecule has 0 saturated carbocycles. The van der Waals surface area contributed by atoms with E-state index in [2.05, 4.69) is 9.97 Å². The van der Waals surface area contributed by atoms with Crippen LogP contribution < -0.4 is 4.90 Å². The van der Waals surface area contributed by atoms with E-state index in [1.807, 2.05) is 11.0 Å². The number of carboxylic acid groups (broad SMARTS) is 1. The normalized spacial score (nSPS) is 19.4. The van der Waals surface area contributed by atoms with Crippen LogP contribution in [0, 0.1) is 22.7 Å². The number of carbonyl (C=O) groups is 1. The highest BCUT2D eigenvalue weighted by Crippen LogP contribution is 2.35. The summed E-state index contributed by atoms with van der Waals surface area (Å²) in [4.78, 5) is 21.6. The molecule has 0 amide bonds. The van der Waals surface area contributed by atoms with Crippen molar-refractivity contribution in [2.45, 2.75) is 26.7 Å². The molecular weight excluding hydrogens is 256 g/mol. The second-order valence-corrected chi connectivity index (χ2v) is 5.65. The first-order valence-electron chi connectivity index (χ1n) is 6.66. The summed E-state index contributed by atoms with van der Waals surface area (Å²) in [5.41, 5.74) is -0.491. The van der Waals surface area contributed by atoms with Crippen molar-refractivity contribution in [1.29, 1.82) is 5.26 Å². The maximum Gasteiger partial charge on any atom is 0.309 e. The third kappa shape index (κ3) is 2.57. The predicted molar refractivity (Wildman–Crippen MR) is 73.1 cm³/mol. The van der Waals surface area contributed by atoms with E-state index in [9.17, 15) is 9.90 Å². The third-order valence-corrected chi connectivity index (χ3v) is 4.08. The van der Waals surface area contributed by atoms with Gasteiger partial charge in [-0.1, -0.05) is 0 Å². The Morgan fingerprint density at radius 1 is 1.50 bits per heavy atom. The summed E-state index contributed by atoms with van der Waals surface area (Å²) in [7, 11) is 0. The van der Waals surface area contributed by atoms with E-state index in [1.54, 1.807) is 20.0 Å². The molecule has 1 N–H and O–H groups in total. The van der Waals surface area contributed by atoms with Crippen molar-refractivity contribution in [3.63, 3.8) is 0 Å². The van der Waals surface area contributed by atoms with Crippen LogP contribution in [0.25, 0.3) is 0 Å². The highest BCUT2D eigenvalue weighted by atomic mass is 16.4. The van der Waals surface area contributed by atoms with E-state index < -0.39 is 11.4 Å². The van der Waals surface area contributed by atoms with Crippen molar-refractivity contribution in [2.75, 3.05) is 18.0 Å². The van der Waals surface area contributed by atoms with Crippen molar-refractivity contribution in [2.24, 2.45) is 11.3 Å². The zero-order valence-corrected chi connectivity index (χ0v) is 11.7. The quantitative estimate of drug-likeness (QED) is 0.901. The largest absolute Gasteiger partial charge is 0.481 e. The van der Waals surface area contributed by atoms with Crippen LogP contribution in [0.1, 0.15) is 32.4 Å². The first kappa shape index (κ1) is 14.3. The van der Waals surface area contributed by atoms with Gasteiger partial charge in [0, 0.05) is 25.5 Å². The Morgan fingerprint density at radius 2 is 2.20 bits per heavy atom. The van der Waals surface area contributed by atoms with Crippen molar-refractivity contribution in [3.05, 3.63) is 18.1 Å². The van der Waals surface area contributed by atoms with Crippen LogP contribution in [-0.4, -0.2) is 34.1 Å². The lowest BCUT2D eigenvalue weighted by Crippen LogP contribution is -2.45. The summed E-state index contributed by atoms with van der Waals surface area (Å²) in [6.45, 7) is 4.88. The van der Waals surface area contributed by atoms with Gasteiger partial charge in [-0.05, 0) is 32.6 Å². The number of anilines is 1. The Balaban J connectivity index is 2.24. The number of hydrogen-bond acceptors (Lipinski definition) is 5. The minimum Gasteiger partial charge on any atom is -0.481 e. The highest BCUT2D eigenvalue weighted by molar-refractivity contribution is 5.74. The Labute approximate surface area is 118 Å². The van der Waals surface area contributed by atoms with Gasteiger partial charge in [0.15, 0.2) is 11.5 Å². The zero-order chi connectivity index (χ0) is 14.8. The summed E-state index contributed by atoms with van der Waals surface area (Å²) in [6.07, 6.45) is 4.81. The topological polar surface area (TPSA) is 90.1 Å². The molecule has 6 nitrogen and oxygen atoms in total. The van der Waals surface area contributed by atoms with Gasteiger partial charge < -0.3 is 10.0 Å². The highest BCUT2D eigenvalue weighted by Gasteiger charge is 2.39. The lowest BCUT2D eigenvalue weighted by molar-refractivity contribution is -0.150. The van der Waals surface area contributed by atoms with Gasteiger partial charge in [-0.3, -0.25) is 4.79 Å². The number of nitrogens with zero attached hydrogens (tertiary/aromatic N) is 4. The first-order chi connectivity index (χ1) is 9.46. The SMILES string of the molecule is CC(C)(C(=O)O)C1CCCN(c2nccnc2C#N)C1. The fourth-order valence-corrected chi connectivity index (χ4v) is 2.57. The van der Waals surface area contributed by atoms with Gasteiger partial charge in [0.25, 0.3) is 0 Å². The lowest BCUT2D eigenvalue weighted by atomic mass is 9.74. The Bertz CT molecular complexity index is 550. The second kappa shape index (κ2) is 5.45. The van der Waals surface area contributed by atoms with E-state index in [0.29, 0.717) is 18.1 Å². The molecule has 2 heterocycles. The number of aliphatic carboxylic acids is 1. The number of rotatable bonds is 3. The minimum absolute atomic E-state index is 0.0299. The molecule has 1 aliphatic heterocycles. The van der Waals surface area contributed by atoms with Crippen molar-refractivity contribution in [3.8, 4) is 6.07 Å². The molecule has 1 aliphatic rings. The summed E-state index contributed by atoms with van der Waals surface area (Å²) in [5, 5.41) is 18.4. The van der Waals surface area contributed by atoms with Gasteiger partial charge in [0.05, 0.1) is 5.41 Å². The molecule has 0 radical (unpaired) electrons. The third-order valence-electron chi connectivity index (χ3n) is 4.08. The van der Waals surface area contributed by atoms with Gasteiger partial charge in [-0.2, -0.15) is 5.26 Å². The number of carboxylic acids is 1. The van der Waals surface area contributed by atoms with Crippen molar-refractivity contribution < 1.29 is 9.90 Å². The van der Waals surface area contributed by atoms with E-state index in [1.165, 1.54) is 6.20 Å². The number of aromatic nitrogens is 2. The molecular formula is C14H18N4O2. The van der Waals surface area contributed by atoms with Crippen molar-refractivity contribution in [1.82, 2.24) is 9.97 Å². The van der Waals surface area contributed by atoms with Gasteiger partial charge in [0.2, 0.25) is 0 Å². The smallest absolute Gasteiger partial charge is 0.309 e. The Morgan fingerprint density at radius 3 is 2.85 bits per heavy atom. The van der Waals surface area contributed by atoms with Crippen LogP contribution in [0.15, 0.2) is 12.4 Å². The molecule has 106 valence electrons. The van der Waals surface area contributed by atoms with E-state index in [-0.39, 0.29) is 5.92 Å². The van der Waals surface area contributed by atoms with Crippen LogP contribution in [-0.2, 0) is 4.79 Å². The molecule has 1 aromatic rings. The maximum absolute atomic E-state index is 11.4. The van der Waals surface area contributed by atoms with Gasteiger partial charge in [0.1, 0.15) is 6.07 Å². The summed E-state index contributed by atoms with van der Waals surface area (Å²) >= 11 is 0. The maximum atomic E-state index is 11.4. The number of hydrogen-bond donors (Lipinski definition) is 1. The van der Waals surface area contributed by atoms with Crippen LogP contribution in [0.5, 0.6) is 0 Å². The monoisotopic (exact) mass is 274 g/mol. The van der Waals surface area contributed by atoms with Crippen LogP contribution in [0.4, 0.5) is 5.82 Å². The average molecular weight is 274 g/mol. The molecule has 2 rings (SSSR count). The average Bonchev–Trinajstić information content (AvgIpc) is 2.47. The van der Waals surface area contributed by atoms with Gasteiger partial charge >= 0.3 is 5.97 Å². The molecule has 6 heteroatoms. The van der Waals surface area contributed by atoms with Gasteiger partial charge in [-0.25, -0.2) is 9.97 Å². The fourth-order valence-electron chi connectivity index (χ4n) is 2.57. The molecule has 1 fully saturated rings. The number of nitriles is 1. The van der Waals surface area contributed by atoms with E-state index in [0.717, 1.165) is 19.4 Å². The first-order valence-corrected chi connectivity index (χ1v) is 6.66. The van der Waals surface area contributed by atoms with Crippen LogP contribution >= 0.6 is 0 Å². The summed E-state index contributed by atoms with van der Waals surface area (Å²) < 4.78 is 0. The second-order valence-electron chi connectivity index (χ2n) is 5.65. The molecule has 1 unspecified atom stereocenters. The number of piperidine rings is 1. The molecule has 0 bridgehead atoms. The van der Waals surface area contributed by atoms with Crippen LogP contribution in [0.2, 0.25) is 0 Å². The Hall–Kier alpha value is -2.16. The van der Waals surface area contributed by atoms with Gasteiger partial charge in [-0.15, -0.1) is 0 Å². The summed E-state index contributed by atoms with van der Waals surface area (Å²) in [6, 6.07) is 2.04. The molecule has 0 spiro atoms. The molecule has 1 atom stereocenters. The fraction of sp³-hybridized carbons (Fsp3) is 0.571. The summed E-state index contributed by atoms with van der Waals surface area (Å²) in [5.74, 6) is -0.202. The van der Waals surface area contributed by atoms with E-state index in [4.69, 9.17) is 5.26 Å². The van der Waals surface area contributed by atoms with E-state index >= 15 is 0 Å². The van der Waals surface area contributed by atoms with Crippen LogP contribution in [0.3, 0.4) is 0 Å². The molecule has 1 aromatic heterocycles. The zero-order valence-electron chi connectivity index (χ0n) is 11.7. The minimum atomic E-state index is -0.788. The molecule has 20 heavy (non-hydrogen) atoms. The standard InChI is InChI=1S/C14H18N4O2/c1-14(2,13(19)20)10-4-3-7-18(9-10)12-11(8-15)16-5-6-17-12/h5-6,10H,3-4,7,9H2,1-2H3,(H,19,20). The molecule has 0 aliphatic carbocycles. The molecule has 0 aromatic carbocycles. The van der Waals surface area contributed by atoms with Crippen molar-refractivity contribution >= 4 is 11.8 Å². The Kier molecular flexibility index (Phi) is 3.89. The lowest BCUT2D eigenvalue weighted by Gasteiger charge is -2.39. The predicted octanol–water partition coefficient (Wildman–Crippen LogP) is 1.68. The molecule has 1 saturated heterocycles.